The molecule has 5 atom stereocenters. The van der Waals surface area contributed by atoms with Gasteiger partial charge in [-0.25, -0.2) is 19.8 Å². The van der Waals surface area contributed by atoms with E-state index in [-0.39, 0.29) is 12.4 Å². The maximum atomic E-state index is 10.1. The molecule has 2 unspecified atom stereocenters. The number of nitrogen functional groups attached to an aromatic ring is 1. The lowest BCUT2D eigenvalue weighted by molar-refractivity contribution is -0.0648. The highest BCUT2D eigenvalue weighted by Crippen LogP contribution is 2.59. The summed E-state index contributed by atoms with van der Waals surface area (Å²) in [4.78, 5) is 24.1. The fourth-order valence-electron chi connectivity index (χ4n) is 3.63. The first-order chi connectivity index (χ1) is 15.9. The summed E-state index contributed by atoms with van der Waals surface area (Å²) in [7, 11) is 3.81. The lowest BCUT2D eigenvalue weighted by Gasteiger charge is -2.29. The average Bonchev–Trinajstić information content (AvgIpc) is 3.33. The molecule has 0 saturated carbocycles. The second-order valence-corrected chi connectivity index (χ2v) is 10.0. The minimum Gasteiger partial charge on any atom is -0.382 e. The zero-order valence-corrected chi connectivity index (χ0v) is 20.6. The maximum absolute atomic E-state index is 10.1. The van der Waals surface area contributed by atoms with Crippen molar-refractivity contribution in [3.05, 3.63) is 35.6 Å². The van der Waals surface area contributed by atoms with Crippen LogP contribution in [0.15, 0.2) is 40.6 Å². The van der Waals surface area contributed by atoms with Crippen LogP contribution >= 0.6 is 31.2 Å². The summed E-state index contributed by atoms with van der Waals surface area (Å²) < 4.78 is 24.5. The van der Waals surface area contributed by atoms with Crippen molar-refractivity contribution in [3.63, 3.8) is 0 Å². The number of nitrogens with two attached hydrogens (primary N) is 1. The van der Waals surface area contributed by atoms with Gasteiger partial charge in [-0.3, -0.25) is 4.57 Å². The average molecular weight is 511 g/mol. The molecule has 2 aromatic heterocycles. The summed E-state index contributed by atoms with van der Waals surface area (Å²) >= 11 is 7.40. The standard InChI is InChI=1S/C17H17BClN5O5PS.C2H6/c1-26-13-12-10(6-27-30(18,25)29-12)28-16(13)24-15-11(14(20)21-7-22-15)23-17(24)31-9-4-2-8(19)3-5-9;1-2/h2-5,7,10,12-13,16,25H,6H2,1H3,(H2,20,21,22);1-2H3/q+1;/t10-,12-,13?,16-,30?;/m1./s1. The zero-order chi connectivity index (χ0) is 23.8. The quantitative estimate of drug-likeness (QED) is 0.398. The number of halogens is 1. The Labute approximate surface area is 202 Å². The molecular formula is C19H23BClN5O5PS+. The molecule has 174 valence electrons. The lowest BCUT2D eigenvalue weighted by Crippen LogP contribution is -2.41. The predicted octanol–water partition coefficient (Wildman–Crippen LogP) is 3.41. The number of benzene rings is 1. The molecule has 2 aliphatic rings. The van der Waals surface area contributed by atoms with Gasteiger partial charge in [-0.05, 0) is 24.3 Å². The number of hydrogen-bond acceptors (Lipinski definition) is 10. The van der Waals surface area contributed by atoms with E-state index in [1.54, 1.807) is 16.7 Å². The van der Waals surface area contributed by atoms with Crippen molar-refractivity contribution < 1.29 is 23.4 Å². The van der Waals surface area contributed by atoms with Crippen molar-refractivity contribution in [1.29, 1.82) is 0 Å². The Balaban J connectivity index is 0.00000126. The van der Waals surface area contributed by atoms with Gasteiger partial charge in [-0.1, -0.05) is 37.2 Å². The smallest absolute Gasteiger partial charge is 0.382 e. The van der Waals surface area contributed by atoms with E-state index in [4.69, 9.17) is 43.4 Å². The monoisotopic (exact) mass is 510 g/mol. The summed E-state index contributed by atoms with van der Waals surface area (Å²) in [5.41, 5.74) is 6.97. The Morgan fingerprint density at radius 3 is 2.73 bits per heavy atom. The highest BCUT2D eigenvalue weighted by Gasteiger charge is 2.58. The minimum atomic E-state index is -3.44. The minimum absolute atomic E-state index is 0.0746. The van der Waals surface area contributed by atoms with Crippen molar-refractivity contribution in [2.24, 2.45) is 0 Å². The SMILES string of the molecule is CC.[B][P+]1(O)OC[C@H]2O[C@@H](n3c(Sc4ccc(Cl)cc4)nc4c(N)ncnc43)C(OC)[C@@H]2O1. The molecule has 0 spiro atoms. The van der Waals surface area contributed by atoms with Crippen molar-refractivity contribution in [1.82, 2.24) is 19.5 Å². The van der Waals surface area contributed by atoms with E-state index in [1.165, 1.54) is 25.2 Å². The van der Waals surface area contributed by atoms with Crippen LogP contribution in [0.4, 0.5) is 5.82 Å². The number of rotatable bonds is 4. The van der Waals surface area contributed by atoms with Crippen molar-refractivity contribution in [3.8, 4) is 0 Å². The van der Waals surface area contributed by atoms with Crippen molar-refractivity contribution in [2.75, 3.05) is 19.5 Å². The zero-order valence-electron chi connectivity index (χ0n) is 18.2. The van der Waals surface area contributed by atoms with Crippen LogP contribution in [0.1, 0.15) is 20.1 Å². The van der Waals surface area contributed by atoms with Gasteiger partial charge in [0.05, 0.1) is 0 Å². The molecule has 2 fully saturated rings. The molecular weight excluding hydrogens is 488 g/mol. The molecule has 2 radical (unpaired) electrons. The van der Waals surface area contributed by atoms with Gasteiger partial charge in [-0.2, -0.15) is 9.05 Å². The van der Waals surface area contributed by atoms with E-state index in [9.17, 15) is 4.89 Å². The van der Waals surface area contributed by atoms with Crippen LogP contribution in [0.2, 0.25) is 5.02 Å². The molecule has 5 rings (SSSR count). The summed E-state index contributed by atoms with van der Waals surface area (Å²) in [6, 6.07) is 7.34. The van der Waals surface area contributed by atoms with Crippen LogP contribution in [-0.2, 0) is 18.5 Å². The summed E-state index contributed by atoms with van der Waals surface area (Å²) in [6.07, 6.45) is -1.06. The molecule has 1 aromatic carbocycles. The molecule has 14 heteroatoms. The van der Waals surface area contributed by atoms with Gasteiger partial charge in [-0.15, -0.1) is 0 Å². The number of methoxy groups -OCH3 is 1. The first-order valence-corrected chi connectivity index (χ1v) is 13.0. The van der Waals surface area contributed by atoms with Crippen molar-refractivity contribution >= 4 is 55.7 Å². The van der Waals surface area contributed by atoms with E-state index in [0.717, 1.165) is 4.90 Å². The van der Waals surface area contributed by atoms with Gasteiger partial charge in [0.25, 0.3) is 0 Å². The van der Waals surface area contributed by atoms with Crippen LogP contribution in [0.25, 0.3) is 11.2 Å². The van der Waals surface area contributed by atoms with Gasteiger partial charge in [0.1, 0.15) is 25.1 Å². The fraction of sp³-hybridized carbons (Fsp3) is 0.421. The Bertz CT molecular complexity index is 1120. The predicted molar refractivity (Wildman–Crippen MR) is 127 cm³/mol. The Morgan fingerprint density at radius 2 is 2.03 bits per heavy atom. The molecule has 0 amide bonds. The summed E-state index contributed by atoms with van der Waals surface area (Å²) in [5.74, 6) is 0.243. The number of anilines is 1. The third-order valence-electron chi connectivity index (χ3n) is 5.00. The molecule has 33 heavy (non-hydrogen) atoms. The van der Waals surface area contributed by atoms with E-state index >= 15 is 0 Å². The van der Waals surface area contributed by atoms with Gasteiger partial charge in [0.2, 0.25) is 0 Å². The number of fused-ring (bicyclic) bond motifs is 2. The molecule has 3 aromatic rings. The van der Waals surface area contributed by atoms with Gasteiger partial charge in [0, 0.05) is 17.0 Å². The van der Waals surface area contributed by atoms with Crippen LogP contribution in [0.5, 0.6) is 0 Å². The molecule has 2 saturated heterocycles. The first-order valence-electron chi connectivity index (χ1n) is 10.2. The van der Waals surface area contributed by atoms with Crippen LogP contribution < -0.4 is 5.73 Å². The normalized spacial score (nSPS) is 28.9. The molecule has 2 aliphatic heterocycles. The summed E-state index contributed by atoms with van der Waals surface area (Å²) in [6.45, 7) is 4.07. The largest absolute Gasteiger partial charge is 0.488 e. The van der Waals surface area contributed by atoms with Crippen LogP contribution in [0.3, 0.4) is 0 Å². The Morgan fingerprint density at radius 1 is 1.30 bits per heavy atom. The fourth-order valence-corrected chi connectivity index (χ4v) is 5.69. The van der Waals surface area contributed by atoms with Crippen LogP contribution in [0, 0.1) is 0 Å². The third kappa shape index (κ3) is 4.85. The highest BCUT2D eigenvalue weighted by atomic mass is 35.5. The Hall–Kier alpha value is -1.50. The summed E-state index contributed by atoms with van der Waals surface area (Å²) in [5, 5.41) is 1.19. The van der Waals surface area contributed by atoms with Gasteiger partial charge in [0.15, 0.2) is 34.5 Å². The molecule has 4 heterocycles. The molecule has 10 nitrogen and oxygen atoms in total. The second kappa shape index (κ2) is 10.0. The van der Waals surface area contributed by atoms with E-state index < -0.39 is 32.4 Å². The van der Waals surface area contributed by atoms with Crippen molar-refractivity contribution in [2.45, 2.75) is 48.4 Å². The number of hydrogen-bond donors (Lipinski definition) is 2. The number of ether oxygens (including phenoxy) is 2. The van der Waals surface area contributed by atoms with Gasteiger partial charge < -0.3 is 15.2 Å². The van der Waals surface area contributed by atoms with E-state index in [2.05, 4.69) is 15.0 Å². The number of nitrogens with zero attached hydrogens (tertiary/aromatic N) is 4. The molecule has 0 aliphatic carbocycles. The lowest BCUT2D eigenvalue weighted by atomic mass is 10.1. The maximum Gasteiger partial charge on any atom is 0.488 e. The molecule has 0 bridgehead atoms. The topological polar surface area (TPSA) is 127 Å². The van der Waals surface area contributed by atoms with E-state index in [0.29, 0.717) is 21.3 Å². The Kier molecular flexibility index (Phi) is 7.47. The highest BCUT2D eigenvalue weighted by molar-refractivity contribution is 7.99. The number of aromatic nitrogens is 4. The number of imidazole rings is 1. The third-order valence-corrected chi connectivity index (χ3v) is 7.30. The second-order valence-electron chi connectivity index (χ2n) is 6.95. The van der Waals surface area contributed by atoms with Crippen LogP contribution in [-0.4, -0.2) is 64.0 Å². The van der Waals surface area contributed by atoms with E-state index in [1.807, 2.05) is 26.0 Å². The first kappa shape index (κ1) is 24.6. The van der Waals surface area contributed by atoms with Gasteiger partial charge >= 0.3 is 15.4 Å². The molecule has 3 N–H and O–H groups in total.